The summed E-state index contributed by atoms with van der Waals surface area (Å²) in [7, 11) is 0. The van der Waals surface area contributed by atoms with Crippen molar-refractivity contribution in [2.24, 2.45) is 0 Å². The molecular weight excluding hydrogens is 321 g/mol. The van der Waals surface area contributed by atoms with Gasteiger partial charge in [0.05, 0.1) is 6.10 Å². The maximum atomic E-state index is 13.2. The molecule has 0 aliphatic carbocycles. The Labute approximate surface area is 149 Å². The van der Waals surface area contributed by atoms with Gasteiger partial charge in [0, 0.05) is 32.8 Å². The molecule has 25 heavy (non-hydrogen) atoms. The zero-order valence-electron chi connectivity index (χ0n) is 14.8. The van der Waals surface area contributed by atoms with Crippen molar-refractivity contribution in [3.63, 3.8) is 0 Å². The van der Waals surface area contributed by atoms with Crippen LogP contribution >= 0.6 is 0 Å². The second kappa shape index (κ2) is 9.15. The Hall–Kier alpha value is -1.66. The summed E-state index contributed by atoms with van der Waals surface area (Å²) in [5.41, 5.74) is 0.895. The van der Waals surface area contributed by atoms with Gasteiger partial charge in [-0.15, -0.1) is 0 Å². The third-order valence-electron chi connectivity index (χ3n) is 4.88. The molecule has 0 unspecified atom stereocenters. The van der Waals surface area contributed by atoms with E-state index in [1.165, 1.54) is 25.0 Å². The van der Waals surface area contributed by atoms with E-state index < -0.39 is 0 Å². The number of likely N-dealkylation sites (tertiary alicyclic amines) is 1. The van der Waals surface area contributed by atoms with Gasteiger partial charge in [-0.05, 0) is 56.5 Å². The summed E-state index contributed by atoms with van der Waals surface area (Å²) in [6, 6.07) is 6.47. The fraction of sp³-hybridized carbons (Fsp3) is 0.632. The summed E-state index contributed by atoms with van der Waals surface area (Å²) in [5, 5.41) is 2.96. The maximum Gasteiger partial charge on any atom is 0.317 e. The minimum Gasteiger partial charge on any atom is -0.375 e. The third kappa shape index (κ3) is 5.68. The number of hydrogen-bond donors (Lipinski definition) is 1. The number of urea groups is 1. The van der Waals surface area contributed by atoms with E-state index in [0.29, 0.717) is 26.1 Å². The highest BCUT2D eigenvalue weighted by Gasteiger charge is 2.25. The molecule has 1 atom stereocenters. The summed E-state index contributed by atoms with van der Waals surface area (Å²) < 4.78 is 19.1. The molecule has 0 aromatic heterocycles. The average Bonchev–Trinajstić information content (AvgIpc) is 2.99. The Morgan fingerprint density at radius 3 is 2.88 bits per heavy atom. The van der Waals surface area contributed by atoms with Crippen molar-refractivity contribution in [1.82, 2.24) is 15.1 Å². The van der Waals surface area contributed by atoms with Crippen molar-refractivity contribution in [2.75, 3.05) is 45.9 Å². The molecule has 3 rings (SSSR count). The Balaban J connectivity index is 1.44. The van der Waals surface area contributed by atoms with Gasteiger partial charge in [0.25, 0.3) is 0 Å². The predicted octanol–water partition coefficient (Wildman–Crippen LogP) is 2.26. The van der Waals surface area contributed by atoms with Crippen molar-refractivity contribution in [3.05, 3.63) is 35.6 Å². The summed E-state index contributed by atoms with van der Waals surface area (Å²) in [6.07, 6.45) is 4.11. The van der Waals surface area contributed by atoms with Gasteiger partial charge in [-0.2, -0.15) is 0 Å². The summed E-state index contributed by atoms with van der Waals surface area (Å²) >= 11 is 0. The minimum atomic E-state index is -0.238. The molecule has 1 aromatic rings. The van der Waals surface area contributed by atoms with Crippen LogP contribution in [0.4, 0.5) is 9.18 Å². The van der Waals surface area contributed by atoms with Gasteiger partial charge >= 0.3 is 6.03 Å². The Morgan fingerprint density at radius 1 is 1.24 bits per heavy atom. The SMILES string of the molecule is O=C(NCCc1cccc(F)c1)N1CCCO[C@@H](CN2CCCC2)C1. The molecule has 0 saturated carbocycles. The Bertz CT molecular complexity index is 563. The highest BCUT2D eigenvalue weighted by atomic mass is 19.1. The van der Waals surface area contributed by atoms with E-state index in [1.807, 2.05) is 11.0 Å². The lowest BCUT2D eigenvalue weighted by Gasteiger charge is -2.27. The number of ether oxygens (including phenoxy) is 1. The average molecular weight is 349 g/mol. The van der Waals surface area contributed by atoms with E-state index in [0.717, 1.165) is 38.2 Å². The van der Waals surface area contributed by atoms with Gasteiger partial charge in [0.2, 0.25) is 0 Å². The predicted molar refractivity (Wildman–Crippen MR) is 95.1 cm³/mol. The second-order valence-electron chi connectivity index (χ2n) is 6.91. The van der Waals surface area contributed by atoms with E-state index >= 15 is 0 Å². The van der Waals surface area contributed by atoms with Crippen molar-refractivity contribution >= 4 is 6.03 Å². The molecule has 0 spiro atoms. The lowest BCUT2D eigenvalue weighted by molar-refractivity contribution is 0.0350. The molecule has 2 amide bonds. The number of nitrogens with one attached hydrogen (secondary N) is 1. The summed E-state index contributed by atoms with van der Waals surface area (Å²) in [4.78, 5) is 16.7. The number of carbonyl (C=O) groups is 1. The van der Waals surface area contributed by atoms with Gasteiger partial charge in [0.15, 0.2) is 0 Å². The van der Waals surface area contributed by atoms with Gasteiger partial charge in [-0.1, -0.05) is 12.1 Å². The highest BCUT2D eigenvalue weighted by molar-refractivity contribution is 5.74. The number of halogens is 1. The van der Waals surface area contributed by atoms with Crippen LogP contribution in [0.3, 0.4) is 0 Å². The molecule has 2 fully saturated rings. The Kier molecular flexibility index (Phi) is 6.64. The number of amides is 2. The number of hydrogen-bond acceptors (Lipinski definition) is 3. The summed E-state index contributed by atoms with van der Waals surface area (Å²) in [6.45, 7) is 5.78. The number of carbonyl (C=O) groups excluding carboxylic acids is 1. The fourth-order valence-electron chi connectivity index (χ4n) is 3.56. The molecule has 2 aliphatic heterocycles. The first-order valence-corrected chi connectivity index (χ1v) is 9.32. The minimum absolute atomic E-state index is 0.0478. The van der Waals surface area contributed by atoms with Crippen LogP contribution in [-0.2, 0) is 11.2 Å². The molecular formula is C19H28FN3O2. The van der Waals surface area contributed by atoms with Gasteiger partial charge in [-0.3, -0.25) is 0 Å². The molecule has 1 aromatic carbocycles. The van der Waals surface area contributed by atoms with E-state index in [9.17, 15) is 9.18 Å². The van der Waals surface area contributed by atoms with Gasteiger partial charge < -0.3 is 19.9 Å². The van der Waals surface area contributed by atoms with Crippen LogP contribution in [-0.4, -0.2) is 67.8 Å². The molecule has 0 radical (unpaired) electrons. The lowest BCUT2D eigenvalue weighted by Crippen LogP contribution is -2.46. The third-order valence-corrected chi connectivity index (χ3v) is 4.88. The molecule has 0 bridgehead atoms. The molecule has 138 valence electrons. The lowest BCUT2D eigenvalue weighted by atomic mass is 10.1. The van der Waals surface area contributed by atoms with E-state index in [2.05, 4.69) is 10.2 Å². The fourth-order valence-corrected chi connectivity index (χ4v) is 3.56. The molecule has 2 saturated heterocycles. The molecule has 5 nitrogen and oxygen atoms in total. The van der Waals surface area contributed by atoms with Crippen molar-refractivity contribution in [3.8, 4) is 0 Å². The first kappa shape index (κ1) is 18.1. The zero-order valence-corrected chi connectivity index (χ0v) is 14.8. The number of rotatable bonds is 5. The molecule has 2 heterocycles. The van der Waals surface area contributed by atoms with Crippen LogP contribution in [0.5, 0.6) is 0 Å². The van der Waals surface area contributed by atoms with E-state index in [-0.39, 0.29) is 18.0 Å². The highest BCUT2D eigenvalue weighted by Crippen LogP contribution is 2.12. The Morgan fingerprint density at radius 2 is 2.08 bits per heavy atom. The monoisotopic (exact) mass is 349 g/mol. The van der Waals surface area contributed by atoms with Crippen LogP contribution in [0, 0.1) is 5.82 Å². The quantitative estimate of drug-likeness (QED) is 0.887. The van der Waals surface area contributed by atoms with E-state index in [4.69, 9.17) is 4.74 Å². The topological polar surface area (TPSA) is 44.8 Å². The maximum absolute atomic E-state index is 13.2. The van der Waals surface area contributed by atoms with Crippen molar-refractivity contribution in [1.29, 1.82) is 0 Å². The molecule has 1 N–H and O–H groups in total. The summed E-state index contributed by atoms with van der Waals surface area (Å²) in [5.74, 6) is -0.238. The standard InChI is InChI=1S/C19H28FN3O2/c20-17-6-3-5-16(13-17)7-8-21-19(24)23-11-4-12-25-18(15-23)14-22-9-1-2-10-22/h3,5-6,13,18H,1-2,4,7-12,14-15H2,(H,21,24)/t18-/m0/s1. The molecule has 2 aliphatic rings. The van der Waals surface area contributed by atoms with Crippen LogP contribution in [0.15, 0.2) is 24.3 Å². The first-order chi connectivity index (χ1) is 12.2. The number of nitrogens with zero attached hydrogens (tertiary/aromatic N) is 2. The van der Waals surface area contributed by atoms with Crippen LogP contribution < -0.4 is 5.32 Å². The van der Waals surface area contributed by atoms with Gasteiger partial charge in [0.1, 0.15) is 5.82 Å². The normalized spacial score (nSPS) is 22.0. The van der Waals surface area contributed by atoms with E-state index in [1.54, 1.807) is 6.07 Å². The van der Waals surface area contributed by atoms with Crippen molar-refractivity contribution in [2.45, 2.75) is 31.8 Å². The van der Waals surface area contributed by atoms with Crippen molar-refractivity contribution < 1.29 is 13.9 Å². The largest absolute Gasteiger partial charge is 0.375 e. The zero-order chi connectivity index (χ0) is 17.5. The van der Waals surface area contributed by atoms with Crippen LogP contribution in [0.25, 0.3) is 0 Å². The van der Waals surface area contributed by atoms with Crippen LogP contribution in [0.2, 0.25) is 0 Å². The second-order valence-corrected chi connectivity index (χ2v) is 6.91. The number of benzene rings is 1. The van der Waals surface area contributed by atoms with Gasteiger partial charge in [-0.25, -0.2) is 9.18 Å². The first-order valence-electron chi connectivity index (χ1n) is 9.32. The smallest absolute Gasteiger partial charge is 0.317 e. The molecule has 6 heteroatoms. The van der Waals surface area contributed by atoms with Crippen LogP contribution in [0.1, 0.15) is 24.8 Å².